The third kappa shape index (κ3) is 6.03. The van der Waals surface area contributed by atoms with Gasteiger partial charge in [-0.1, -0.05) is 12.1 Å². The molecule has 170 valence electrons. The molecule has 0 bridgehead atoms. The lowest BCUT2D eigenvalue weighted by Gasteiger charge is -2.26. The lowest BCUT2D eigenvalue weighted by atomic mass is 10.2. The molecule has 0 aliphatic carbocycles. The molecule has 0 spiro atoms. The first-order valence-corrected chi connectivity index (χ1v) is 10.8. The number of rotatable bonds is 10. The van der Waals surface area contributed by atoms with Crippen LogP contribution in [0.15, 0.2) is 59.7 Å². The maximum absolute atomic E-state index is 12.9. The molecule has 9 heteroatoms. The Morgan fingerprint density at radius 2 is 1.78 bits per heavy atom. The van der Waals surface area contributed by atoms with Gasteiger partial charge in [0.2, 0.25) is 0 Å². The van der Waals surface area contributed by atoms with Gasteiger partial charge in [0.25, 0.3) is 0 Å². The summed E-state index contributed by atoms with van der Waals surface area (Å²) in [4.78, 5) is 15.0. The molecule has 3 aromatic rings. The van der Waals surface area contributed by atoms with Crippen LogP contribution >= 0.6 is 0 Å². The number of nitrogens with one attached hydrogen (secondary N) is 1. The normalized spacial score (nSPS) is 14.5. The van der Waals surface area contributed by atoms with Gasteiger partial charge in [0.15, 0.2) is 0 Å². The maximum atomic E-state index is 12.9. The van der Waals surface area contributed by atoms with Gasteiger partial charge in [-0.15, -0.1) is 0 Å². The highest BCUT2D eigenvalue weighted by atomic mass is 19.1. The molecule has 0 unspecified atom stereocenters. The topological polar surface area (TPSA) is 73.5 Å². The molecule has 4 rings (SSSR count). The summed E-state index contributed by atoms with van der Waals surface area (Å²) in [6.45, 7) is 6.43. The molecule has 1 aromatic heterocycles. The summed E-state index contributed by atoms with van der Waals surface area (Å²) >= 11 is 0. The summed E-state index contributed by atoms with van der Waals surface area (Å²) in [6.07, 6.45) is 1.55. The number of hydrogen-bond donors (Lipinski definition) is 1. The van der Waals surface area contributed by atoms with Crippen molar-refractivity contribution >= 4 is 0 Å². The zero-order chi connectivity index (χ0) is 22.2. The van der Waals surface area contributed by atoms with E-state index in [0.717, 1.165) is 38.5 Å². The van der Waals surface area contributed by atoms with Crippen molar-refractivity contribution in [3.8, 4) is 11.4 Å². The molecule has 1 fully saturated rings. The van der Waals surface area contributed by atoms with Gasteiger partial charge in [-0.2, -0.15) is 5.10 Å². The van der Waals surface area contributed by atoms with Crippen LogP contribution in [0.1, 0.15) is 5.56 Å². The highest BCUT2D eigenvalue weighted by molar-refractivity contribution is 5.34. The predicted molar refractivity (Wildman–Crippen MR) is 119 cm³/mol. The molecule has 2 aromatic carbocycles. The van der Waals surface area contributed by atoms with E-state index in [1.54, 1.807) is 23.0 Å². The van der Waals surface area contributed by atoms with Crippen molar-refractivity contribution < 1.29 is 13.9 Å². The predicted octanol–water partition coefficient (Wildman–Crippen LogP) is 1.67. The number of hydrogen-bond acceptors (Lipinski definition) is 6. The average Bonchev–Trinajstić information content (AvgIpc) is 3.19. The fourth-order valence-corrected chi connectivity index (χ4v) is 3.53. The van der Waals surface area contributed by atoms with Crippen LogP contribution in [0.2, 0.25) is 0 Å². The quantitative estimate of drug-likeness (QED) is 0.483. The Kier molecular flexibility index (Phi) is 7.65. The number of morpholine rings is 1. The van der Waals surface area contributed by atoms with Crippen LogP contribution in [0.3, 0.4) is 0 Å². The monoisotopic (exact) mass is 441 g/mol. The molecular formula is C23H28FN5O3. The van der Waals surface area contributed by atoms with Crippen molar-refractivity contribution in [2.75, 3.05) is 46.0 Å². The van der Waals surface area contributed by atoms with E-state index in [-0.39, 0.29) is 11.5 Å². The molecule has 1 N–H and O–H groups in total. The van der Waals surface area contributed by atoms with Gasteiger partial charge in [0.1, 0.15) is 24.5 Å². The van der Waals surface area contributed by atoms with Crippen LogP contribution in [0.5, 0.6) is 5.75 Å². The Hall–Kier alpha value is -3.01. The molecule has 0 radical (unpaired) electrons. The summed E-state index contributed by atoms with van der Waals surface area (Å²) in [6, 6.07) is 13.9. The Bertz CT molecular complexity index is 1030. The largest absolute Gasteiger partial charge is 0.492 e. The molecule has 0 atom stereocenters. The minimum Gasteiger partial charge on any atom is -0.492 e. The molecule has 1 aliphatic heterocycles. The first kappa shape index (κ1) is 22.2. The number of ether oxygens (including phenoxy) is 2. The summed E-state index contributed by atoms with van der Waals surface area (Å²) < 4.78 is 26.8. The minimum absolute atomic E-state index is 0.171. The number of benzene rings is 2. The Balaban J connectivity index is 1.22. The Labute approximate surface area is 186 Å². The van der Waals surface area contributed by atoms with Gasteiger partial charge in [0, 0.05) is 32.7 Å². The van der Waals surface area contributed by atoms with E-state index in [1.165, 1.54) is 22.4 Å². The van der Waals surface area contributed by atoms with Gasteiger partial charge in [-0.3, -0.25) is 4.90 Å². The van der Waals surface area contributed by atoms with Crippen LogP contribution in [-0.2, 0) is 17.8 Å². The zero-order valence-electron chi connectivity index (χ0n) is 18.0. The van der Waals surface area contributed by atoms with Crippen LogP contribution in [0.4, 0.5) is 4.39 Å². The summed E-state index contributed by atoms with van der Waals surface area (Å²) in [5, 5.41) is 7.44. The molecule has 2 heterocycles. The number of aromatic nitrogens is 3. The molecule has 8 nitrogen and oxygen atoms in total. The second-order valence-corrected chi connectivity index (χ2v) is 7.61. The third-order valence-corrected chi connectivity index (χ3v) is 5.32. The first-order chi connectivity index (χ1) is 15.7. The standard InChI is InChI=1S/C23H28FN5O3/c24-20-3-7-22(8-4-20)32-14-10-25-9-11-29-23(30)28(18-26-29)21-5-1-19(2-6-21)17-27-12-15-31-16-13-27/h1-8,18,25H,9-17H2. The molecule has 32 heavy (non-hydrogen) atoms. The van der Waals surface area contributed by atoms with Crippen LogP contribution in [0, 0.1) is 5.82 Å². The first-order valence-electron chi connectivity index (χ1n) is 10.8. The SMILES string of the molecule is O=c1n(-c2ccc(CN3CCOCC3)cc2)cnn1CCNCCOc1ccc(F)cc1. The second-order valence-electron chi connectivity index (χ2n) is 7.61. The van der Waals surface area contributed by atoms with Crippen molar-refractivity contribution in [1.29, 1.82) is 0 Å². The summed E-state index contributed by atoms with van der Waals surface area (Å²) in [5.41, 5.74) is 1.84. The highest BCUT2D eigenvalue weighted by Gasteiger charge is 2.11. The molecule has 1 saturated heterocycles. The van der Waals surface area contributed by atoms with Crippen molar-refractivity contribution in [3.63, 3.8) is 0 Å². The zero-order valence-corrected chi connectivity index (χ0v) is 18.0. The van der Waals surface area contributed by atoms with E-state index >= 15 is 0 Å². The van der Waals surface area contributed by atoms with Crippen molar-refractivity contribution in [3.05, 3.63) is 76.7 Å². The fourth-order valence-electron chi connectivity index (χ4n) is 3.53. The lowest BCUT2D eigenvalue weighted by Crippen LogP contribution is -2.35. The van der Waals surface area contributed by atoms with E-state index < -0.39 is 0 Å². The van der Waals surface area contributed by atoms with E-state index in [0.29, 0.717) is 32.0 Å². The van der Waals surface area contributed by atoms with E-state index in [9.17, 15) is 9.18 Å². The van der Waals surface area contributed by atoms with Crippen molar-refractivity contribution in [2.45, 2.75) is 13.1 Å². The maximum Gasteiger partial charge on any atom is 0.350 e. The Morgan fingerprint density at radius 1 is 1.03 bits per heavy atom. The number of nitrogens with zero attached hydrogens (tertiary/aromatic N) is 4. The van der Waals surface area contributed by atoms with Crippen LogP contribution in [-0.4, -0.2) is 65.2 Å². The van der Waals surface area contributed by atoms with Gasteiger partial charge in [0.05, 0.1) is 25.4 Å². The van der Waals surface area contributed by atoms with E-state index in [2.05, 4.69) is 27.4 Å². The second kappa shape index (κ2) is 11.0. The fraction of sp³-hybridized carbons (Fsp3) is 0.391. The third-order valence-electron chi connectivity index (χ3n) is 5.32. The van der Waals surface area contributed by atoms with Crippen LogP contribution < -0.4 is 15.7 Å². The molecular weight excluding hydrogens is 413 g/mol. The van der Waals surface area contributed by atoms with Crippen LogP contribution in [0.25, 0.3) is 5.69 Å². The average molecular weight is 442 g/mol. The van der Waals surface area contributed by atoms with Gasteiger partial charge in [-0.25, -0.2) is 18.4 Å². The minimum atomic E-state index is -0.288. The molecule has 0 amide bonds. The van der Waals surface area contributed by atoms with Gasteiger partial charge < -0.3 is 14.8 Å². The summed E-state index contributed by atoms with van der Waals surface area (Å²) in [7, 11) is 0. The van der Waals surface area contributed by atoms with Gasteiger partial charge in [-0.05, 0) is 42.0 Å². The highest BCUT2D eigenvalue weighted by Crippen LogP contribution is 2.12. The van der Waals surface area contributed by atoms with Crippen molar-refractivity contribution in [1.82, 2.24) is 24.6 Å². The van der Waals surface area contributed by atoms with Crippen molar-refractivity contribution in [2.24, 2.45) is 0 Å². The molecule has 1 aliphatic rings. The summed E-state index contributed by atoms with van der Waals surface area (Å²) in [5.74, 6) is 0.336. The smallest absolute Gasteiger partial charge is 0.350 e. The van der Waals surface area contributed by atoms with Gasteiger partial charge >= 0.3 is 5.69 Å². The Morgan fingerprint density at radius 3 is 2.53 bits per heavy atom. The number of halogens is 1. The van der Waals surface area contributed by atoms with E-state index in [1.807, 2.05) is 12.1 Å². The van der Waals surface area contributed by atoms with E-state index in [4.69, 9.17) is 9.47 Å². The lowest BCUT2D eigenvalue weighted by molar-refractivity contribution is 0.0342. The molecule has 0 saturated carbocycles.